The third-order valence-corrected chi connectivity index (χ3v) is 5.62. The monoisotopic (exact) mass is 346 g/mol. The lowest BCUT2D eigenvalue weighted by Gasteiger charge is -2.43. The number of cyclic esters (lactones) is 1. The van der Waals surface area contributed by atoms with E-state index < -0.39 is 22.9 Å². The first kappa shape index (κ1) is 16.8. The molecule has 1 aliphatic rings. The van der Waals surface area contributed by atoms with E-state index in [-0.39, 0.29) is 5.78 Å². The van der Waals surface area contributed by atoms with Crippen LogP contribution in [0.1, 0.15) is 39.4 Å². The van der Waals surface area contributed by atoms with Crippen molar-refractivity contribution in [2.45, 2.75) is 33.8 Å². The van der Waals surface area contributed by atoms with Gasteiger partial charge in [-0.15, -0.1) is 0 Å². The first-order chi connectivity index (χ1) is 12.2. The van der Waals surface area contributed by atoms with Gasteiger partial charge in [0.2, 0.25) is 0 Å². The molecule has 0 aliphatic carbocycles. The predicted octanol–water partition coefficient (Wildman–Crippen LogP) is 5.21. The van der Waals surface area contributed by atoms with Crippen LogP contribution in [0.25, 0.3) is 21.5 Å². The Morgan fingerprint density at radius 3 is 1.85 bits per heavy atom. The fraction of sp³-hybridized carbons (Fsp3) is 0.304. The second kappa shape index (κ2) is 5.41. The molecule has 1 fully saturated rings. The maximum Gasteiger partial charge on any atom is 0.319 e. The summed E-state index contributed by atoms with van der Waals surface area (Å²) >= 11 is 0. The fourth-order valence-electron chi connectivity index (χ4n) is 4.17. The SMILES string of the molecule is CC1(C)C(=O)O[C@@H](c2c3ccccc3cc3ccccc23)C(C)(C)C1=O. The topological polar surface area (TPSA) is 43.4 Å². The molecule has 26 heavy (non-hydrogen) atoms. The van der Waals surface area contributed by atoms with Gasteiger partial charge in [-0.2, -0.15) is 0 Å². The predicted molar refractivity (Wildman–Crippen MR) is 103 cm³/mol. The van der Waals surface area contributed by atoms with Gasteiger partial charge in [0, 0.05) is 5.56 Å². The third kappa shape index (κ3) is 2.20. The van der Waals surface area contributed by atoms with Crippen LogP contribution in [0.3, 0.4) is 0 Å². The maximum atomic E-state index is 13.1. The summed E-state index contributed by atoms with van der Waals surface area (Å²) in [6.45, 7) is 7.06. The zero-order chi connectivity index (χ0) is 18.7. The lowest BCUT2D eigenvalue weighted by Crippen LogP contribution is -2.52. The summed E-state index contributed by atoms with van der Waals surface area (Å²) in [5, 5.41) is 4.19. The van der Waals surface area contributed by atoms with E-state index in [1.54, 1.807) is 13.8 Å². The number of benzene rings is 3. The third-order valence-electron chi connectivity index (χ3n) is 5.62. The summed E-state index contributed by atoms with van der Waals surface area (Å²) in [7, 11) is 0. The van der Waals surface area contributed by atoms with Crippen molar-refractivity contribution in [3.05, 3.63) is 60.2 Å². The largest absolute Gasteiger partial charge is 0.456 e. The summed E-state index contributed by atoms with van der Waals surface area (Å²) in [6, 6.07) is 18.2. The van der Waals surface area contributed by atoms with E-state index >= 15 is 0 Å². The Labute approximate surface area is 153 Å². The molecule has 0 amide bonds. The van der Waals surface area contributed by atoms with Crippen molar-refractivity contribution in [3.8, 4) is 0 Å². The second-order valence-corrected chi connectivity index (χ2v) is 8.19. The second-order valence-electron chi connectivity index (χ2n) is 8.19. The van der Waals surface area contributed by atoms with Gasteiger partial charge in [0.15, 0.2) is 5.78 Å². The van der Waals surface area contributed by atoms with Gasteiger partial charge in [-0.3, -0.25) is 9.59 Å². The number of carbonyl (C=O) groups excluding carboxylic acids is 2. The van der Waals surface area contributed by atoms with E-state index in [4.69, 9.17) is 4.74 Å². The first-order valence-electron chi connectivity index (χ1n) is 8.91. The highest BCUT2D eigenvalue weighted by atomic mass is 16.5. The van der Waals surface area contributed by atoms with E-state index in [0.717, 1.165) is 27.1 Å². The zero-order valence-electron chi connectivity index (χ0n) is 15.5. The van der Waals surface area contributed by atoms with E-state index in [0.29, 0.717) is 0 Å². The van der Waals surface area contributed by atoms with Gasteiger partial charge >= 0.3 is 5.97 Å². The van der Waals surface area contributed by atoms with Crippen molar-refractivity contribution in [1.29, 1.82) is 0 Å². The van der Waals surface area contributed by atoms with Crippen LogP contribution in [0.2, 0.25) is 0 Å². The van der Waals surface area contributed by atoms with E-state index in [1.165, 1.54) is 0 Å². The standard InChI is InChI=1S/C23H22O3/c1-22(2)19(26-21(25)23(3,4)20(22)24)18-16-11-7-5-9-14(16)13-15-10-6-8-12-17(15)18/h5-13,19H,1-4H3/t19-/m0/s1. The fourth-order valence-corrected chi connectivity index (χ4v) is 4.17. The molecule has 0 unspecified atom stereocenters. The summed E-state index contributed by atoms with van der Waals surface area (Å²) < 4.78 is 5.93. The van der Waals surface area contributed by atoms with Gasteiger partial charge in [-0.1, -0.05) is 48.5 Å². The Kier molecular flexibility index (Phi) is 3.49. The molecule has 3 nitrogen and oxygen atoms in total. The summed E-state index contributed by atoms with van der Waals surface area (Å²) in [5.74, 6) is -0.535. The van der Waals surface area contributed by atoms with Crippen molar-refractivity contribution in [2.24, 2.45) is 10.8 Å². The molecular weight excluding hydrogens is 324 g/mol. The van der Waals surface area contributed by atoms with Crippen LogP contribution in [0.5, 0.6) is 0 Å². The molecule has 0 saturated carbocycles. The molecule has 0 radical (unpaired) electrons. The molecule has 3 heteroatoms. The lowest BCUT2D eigenvalue weighted by atomic mass is 9.66. The molecule has 0 N–H and O–H groups in total. The number of hydrogen-bond donors (Lipinski definition) is 0. The van der Waals surface area contributed by atoms with Gasteiger partial charge < -0.3 is 4.74 Å². The van der Waals surface area contributed by atoms with Crippen molar-refractivity contribution in [2.75, 3.05) is 0 Å². The van der Waals surface area contributed by atoms with Crippen LogP contribution < -0.4 is 0 Å². The minimum absolute atomic E-state index is 0.0803. The van der Waals surface area contributed by atoms with E-state index in [2.05, 4.69) is 18.2 Å². The molecule has 3 aromatic rings. The highest BCUT2D eigenvalue weighted by Crippen LogP contribution is 2.50. The average molecular weight is 346 g/mol. The molecule has 0 bridgehead atoms. The Bertz CT molecular complexity index is 1010. The number of ketones is 1. The molecule has 1 aliphatic heterocycles. The smallest absolute Gasteiger partial charge is 0.319 e. The molecule has 0 aromatic heterocycles. The lowest BCUT2D eigenvalue weighted by molar-refractivity contribution is -0.186. The van der Waals surface area contributed by atoms with E-state index in [1.807, 2.05) is 50.2 Å². The van der Waals surface area contributed by atoms with Crippen LogP contribution in [-0.2, 0) is 14.3 Å². The minimum Gasteiger partial charge on any atom is -0.456 e. The highest BCUT2D eigenvalue weighted by Gasteiger charge is 2.56. The normalized spacial score (nSPS) is 21.8. The average Bonchev–Trinajstić information content (AvgIpc) is 2.62. The zero-order valence-corrected chi connectivity index (χ0v) is 15.5. The molecule has 132 valence electrons. The number of esters is 1. The van der Waals surface area contributed by atoms with Crippen LogP contribution in [0.4, 0.5) is 0 Å². The Morgan fingerprint density at radius 1 is 0.808 bits per heavy atom. The molecule has 3 aromatic carbocycles. The first-order valence-corrected chi connectivity index (χ1v) is 8.91. The number of Topliss-reactive ketones (excluding diaryl/α,β-unsaturated/α-hetero) is 1. The molecule has 1 saturated heterocycles. The van der Waals surface area contributed by atoms with Crippen LogP contribution in [0, 0.1) is 10.8 Å². The van der Waals surface area contributed by atoms with Crippen LogP contribution in [0.15, 0.2) is 54.6 Å². The Hall–Kier alpha value is -2.68. The van der Waals surface area contributed by atoms with Crippen molar-refractivity contribution >= 4 is 33.3 Å². The number of carbonyl (C=O) groups is 2. The molecule has 1 heterocycles. The van der Waals surface area contributed by atoms with Crippen LogP contribution >= 0.6 is 0 Å². The van der Waals surface area contributed by atoms with Gasteiger partial charge in [-0.05, 0) is 55.3 Å². The molecule has 1 atom stereocenters. The van der Waals surface area contributed by atoms with Gasteiger partial charge in [0.1, 0.15) is 11.5 Å². The number of fused-ring (bicyclic) bond motifs is 2. The summed E-state index contributed by atoms with van der Waals surface area (Å²) in [6.07, 6.45) is -0.619. The Morgan fingerprint density at radius 2 is 1.31 bits per heavy atom. The quantitative estimate of drug-likeness (QED) is 0.345. The van der Waals surface area contributed by atoms with Crippen LogP contribution in [-0.4, -0.2) is 11.8 Å². The van der Waals surface area contributed by atoms with Crippen molar-refractivity contribution in [1.82, 2.24) is 0 Å². The number of hydrogen-bond acceptors (Lipinski definition) is 3. The molecular formula is C23H22O3. The van der Waals surface area contributed by atoms with Gasteiger partial charge in [0.25, 0.3) is 0 Å². The van der Waals surface area contributed by atoms with E-state index in [9.17, 15) is 9.59 Å². The molecule has 4 rings (SSSR count). The maximum absolute atomic E-state index is 13.1. The minimum atomic E-state index is -1.12. The van der Waals surface area contributed by atoms with Crippen molar-refractivity contribution in [3.63, 3.8) is 0 Å². The number of ether oxygens (including phenoxy) is 1. The van der Waals surface area contributed by atoms with Gasteiger partial charge in [-0.25, -0.2) is 0 Å². The van der Waals surface area contributed by atoms with Gasteiger partial charge in [0.05, 0.1) is 5.41 Å². The summed E-state index contributed by atoms with van der Waals surface area (Å²) in [4.78, 5) is 25.8. The van der Waals surface area contributed by atoms with Crippen molar-refractivity contribution < 1.29 is 14.3 Å². The highest BCUT2D eigenvalue weighted by molar-refractivity contribution is 6.09. The summed E-state index contributed by atoms with van der Waals surface area (Å²) in [5.41, 5.74) is -1.02. The molecule has 0 spiro atoms. The Balaban J connectivity index is 2.07. The number of rotatable bonds is 1.